The van der Waals surface area contributed by atoms with Gasteiger partial charge in [-0.05, 0) is 47.4 Å². The fraction of sp³-hybridized carbons (Fsp3) is 0.200. The van der Waals surface area contributed by atoms with Crippen molar-refractivity contribution in [3.8, 4) is 5.75 Å². The van der Waals surface area contributed by atoms with Crippen LogP contribution in [0.15, 0.2) is 79.1 Å². The van der Waals surface area contributed by atoms with Gasteiger partial charge in [0.05, 0.1) is 11.3 Å². The van der Waals surface area contributed by atoms with Crippen LogP contribution in [0.4, 0.5) is 5.69 Å². The number of ether oxygens (including phenoxy) is 1. The minimum atomic E-state index is -0.205. The molecule has 5 nitrogen and oxygen atoms in total. The number of hydrogen-bond donors (Lipinski definition) is 1. The van der Waals surface area contributed by atoms with Crippen LogP contribution < -0.4 is 10.1 Å². The fourth-order valence-corrected chi connectivity index (χ4v) is 3.24. The van der Waals surface area contributed by atoms with Crippen molar-refractivity contribution in [2.75, 3.05) is 5.32 Å². The van der Waals surface area contributed by atoms with Gasteiger partial charge in [-0.3, -0.25) is 4.79 Å². The van der Waals surface area contributed by atoms with Gasteiger partial charge in [-0.2, -0.15) is 0 Å². The van der Waals surface area contributed by atoms with Crippen molar-refractivity contribution < 1.29 is 9.53 Å². The molecule has 0 fully saturated rings. The summed E-state index contributed by atoms with van der Waals surface area (Å²) >= 11 is 0. The highest BCUT2D eigenvalue weighted by molar-refractivity contribution is 6.06. The van der Waals surface area contributed by atoms with Crippen molar-refractivity contribution in [1.82, 2.24) is 9.38 Å². The molecule has 0 saturated heterocycles. The largest absolute Gasteiger partial charge is 0.486 e. The number of amides is 1. The molecule has 5 heteroatoms. The van der Waals surface area contributed by atoms with Crippen LogP contribution >= 0.6 is 0 Å². The van der Waals surface area contributed by atoms with Crippen LogP contribution in [0.2, 0.25) is 0 Å². The summed E-state index contributed by atoms with van der Waals surface area (Å²) in [6, 6.07) is 21.0. The maximum Gasteiger partial charge on any atom is 0.259 e. The van der Waals surface area contributed by atoms with Crippen LogP contribution in [-0.2, 0) is 12.0 Å². The Kier molecular flexibility index (Phi) is 5.27. The third-order valence-electron chi connectivity index (χ3n) is 4.93. The second-order valence-corrected chi connectivity index (χ2v) is 8.26. The number of rotatable bonds is 5. The third kappa shape index (κ3) is 4.35. The number of imidazole rings is 1. The van der Waals surface area contributed by atoms with Gasteiger partial charge in [-0.25, -0.2) is 4.98 Å². The Hall–Kier alpha value is -3.60. The highest BCUT2D eigenvalue weighted by Crippen LogP contribution is 2.25. The van der Waals surface area contributed by atoms with Crippen LogP contribution in [-0.4, -0.2) is 15.3 Å². The lowest BCUT2D eigenvalue weighted by Crippen LogP contribution is -2.14. The summed E-state index contributed by atoms with van der Waals surface area (Å²) in [7, 11) is 0. The van der Waals surface area contributed by atoms with Gasteiger partial charge in [-0.1, -0.05) is 51.1 Å². The molecule has 0 bridgehead atoms. The number of carbonyl (C=O) groups is 1. The molecule has 4 rings (SSSR count). The predicted octanol–water partition coefficient (Wildman–Crippen LogP) is 5.46. The zero-order chi connectivity index (χ0) is 21.1. The van der Waals surface area contributed by atoms with Crippen molar-refractivity contribution in [3.63, 3.8) is 0 Å². The number of para-hydroxylation sites is 1. The normalized spacial score (nSPS) is 11.4. The van der Waals surface area contributed by atoms with Gasteiger partial charge in [-0.15, -0.1) is 0 Å². The maximum atomic E-state index is 12.9. The molecule has 1 amide bonds. The van der Waals surface area contributed by atoms with Gasteiger partial charge in [0.2, 0.25) is 0 Å². The van der Waals surface area contributed by atoms with Crippen molar-refractivity contribution in [1.29, 1.82) is 0 Å². The Balaban J connectivity index is 1.47. The van der Waals surface area contributed by atoms with Crippen molar-refractivity contribution in [2.45, 2.75) is 32.8 Å². The first-order chi connectivity index (χ1) is 14.4. The molecule has 0 saturated carbocycles. The zero-order valence-corrected chi connectivity index (χ0v) is 17.4. The Morgan fingerprint density at radius 1 is 1.00 bits per heavy atom. The fourth-order valence-electron chi connectivity index (χ4n) is 3.24. The number of fused-ring (bicyclic) bond motifs is 1. The predicted molar refractivity (Wildman–Crippen MR) is 119 cm³/mol. The Labute approximate surface area is 176 Å². The molecule has 0 aliphatic heterocycles. The molecule has 2 heterocycles. The average molecular weight is 399 g/mol. The van der Waals surface area contributed by atoms with Crippen molar-refractivity contribution in [3.05, 3.63) is 95.9 Å². The first kappa shape index (κ1) is 19.7. The average Bonchev–Trinajstić information content (AvgIpc) is 3.15. The molecule has 0 spiro atoms. The van der Waals surface area contributed by atoms with E-state index in [9.17, 15) is 4.79 Å². The van der Waals surface area contributed by atoms with Gasteiger partial charge in [0.25, 0.3) is 5.91 Å². The molecule has 0 unspecified atom stereocenters. The molecular weight excluding hydrogens is 374 g/mol. The minimum Gasteiger partial charge on any atom is -0.486 e. The van der Waals surface area contributed by atoms with Crippen molar-refractivity contribution >= 4 is 17.2 Å². The summed E-state index contributed by atoms with van der Waals surface area (Å²) in [4.78, 5) is 17.4. The second-order valence-electron chi connectivity index (χ2n) is 8.26. The number of pyridine rings is 1. The quantitative estimate of drug-likeness (QED) is 0.485. The number of aromatic nitrogens is 2. The lowest BCUT2D eigenvalue weighted by molar-refractivity contribution is 0.102. The van der Waals surface area contributed by atoms with E-state index in [0.717, 1.165) is 17.0 Å². The maximum absolute atomic E-state index is 12.9. The van der Waals surface area contributed by atoms with Crippen LogP contribution in [0.1, 0.15) is 42.4 Å². The number of nitrogens with one attached hydrogen (secondary N) is 1. The molecule has 0 aliphatic carbocycles. The third-order valence-corrected chi connectivity index (χ3v) is 4.93. The van der Waals surface area contributed by atoms with Crippen molar-refractivity contribution in [2.24, 2.45) is 0 Å². The molecular formula is C25H25N3O2. The highest BCUT2D eigenvalue weighted by atomic mass is 16.5. The van der Waals surface area contributed by atoms with E-state index >= 15 is 0 Å². The molecule has 30 heavy (non-hydrogen) atoms. The van der Waals surface area contributed by atoms with Gasteiger partial charge < -0.3 is 14.5 Å². The van der Waals surface area contributed by atoms with E-state index in [1.165, 1.54) is 5.56 Å². The number of benzene rings is 2. The summed E-state index contributed by atoms with van der Waals surface area (Å²) in [6.07, 6.45) is 3.87. The smallest absolute Gasteiger partial charge is 0.259 e. The summed E-state index contributed by atoms with van der Waals surface area (Å²) in [5.74, 6) is 0.322. The Morgan fingerprint density at radius 3 is 2.47 bits per heavy atom. The summed E-state index contributed by atoms with van der Waals surface area (Å²) in [6.45, 7) is 6.78. The van der Waals surface area contributed by atoms with E-state index in [-0.39, 0.29) is 17.9 Å². The Bertz CT molecular complexity index is 1140. The first-order valence-corrected chi connectivity index (χ1v) is 9.96. The number of nitrogens with zero attached hydrogens (tertiary/aromatic N) is 2. The molecule has 4 aromatic rings. The van der Waals surface area contributed by atoms with E-state index in [1.54, 1.807) is 12.1 Å². The lowest BCUT2D eigenvalue weighted by Gasteiger charge is -2.19. The van der Waals surface area contributed by atoms with Gasteiger partial charge >= 0.3 is 0 Å². The molecule has 0 radical (unpaired) electrons. The van der Waals surface area contributed by atoms with Gasteiger partial charge in [0.15, 0.2) is 0 Å². The molecule has 0 aliphatic rings. The minimum absolute atomic E-state index is 0.0703. The summed E-state index contributed by atoms with van der Waals surface area (Å²) in [5, 5.41) is 2.96. The second kappa shape index (κ2) is 8.03. The van der Waals surface area contributed by atoms with Crippen LogP contribution in [0.3, 0.4) is 0 Å². The molecule has 152 valence electrons. The van der Waals surface area contributed by atoms with Crippen LogP contribution in [0.25, 0.3) is 5.65 Å². The van der Waals surface area contributed by atoms with Gasteiger partial charge in [0, 0.05) is 18.1 Å². The zero-order valence-electron chi connectivity index (χ0n) is 17.4. The molecule has 1 N–H and O–H groups in total. The van der Waals surface area contributed by atoms with E-state index < -0.39 is 0 Å². The SMILES string of the molecule is CC(C)(C)c1ccc(NC(=O)c2ccccc2OCc2cn3ccccc3n2)cc1. The number of anilines is 1. The standard InChI is InChI=1S/C25H25N3O2/c1-25(2,3)18-11-13-19(14-12-18)27-24(29)21-8-4-5-9-22(21)30-17-20-16-28-15-7-6-10-23(28)26-20/h4-16H,17H2,1-3H3,(H,27,29). The molecule has 2 aromatic heterocycles. The highest BCUT2D eigenvalue weighted by Gasteiger charge is 2.15. The number of hydrogen-bond acceptors (Lipinski definition) is 3. The summed E-state index contributed by atoms with van der Waals surface area (Å²) in [5.41, 5.74) is 4.19. The monoisotopic (exact) mass is 399 g/mol. The summed E-state index contributed by atoms with van der Waals surface area (Å²) < 4.78 is 7.88. The topological polar surface area (TPSA) is 55.6 Å². The van der Waals surface area contributed by atoms with Gasteiger partial charge in [0.1, 0.15) is 18.0 Å². The van der Waals surface area contributed by atoms with E-state index in [1.807, 2.05) is 71.4 Å². The first-order valence-electron chi connectivity index (χ1n) is 9.96. The van der Waals surface area contributed by atoms with E-state index in [4.69, 9.17) is 4.74 Å². The molecule has 0 atom stereocenters. The number of carbonyl (C=O) groups excluding carboxylic acids is 1. The van der Waals surface area contributed by atoms with Crippen LogP contribution in [0, 0.1) is 0 Å². The lowest BCUT2D eigenvalue weighted by atomic mass is 9.87. The van der Waals surface area contributed by atoms with Crippen LogP contribution in [0.5, 0.6) is 5.75 Å². The Morgan fingerprint density at radius 2 is 1.73 bits per heavy atom. The van der Waals surface area contributed by atoms with E-state index in [0.29, 0.717) is 11.3 Å². The van der Waals surface area contributed by atoms with E-state index in [2.05, 4.69) is 31.1 Å². The molecule has 2 aromatic carbocycles.